The lowest BCUT2D eigenvalue weighted by Crippen LogP contribution is -2.46. The van der Waals surface area contributed by atoms with Gasteiger partial charge in [0.1, 0.15) is 5.75 Å². The fourth-order valence-electron chi connectivity index (χ4n) is 3.20. The van der Waals surface area contributed by atoms with Crippen LogP contribution in [0.25, 0.3) is 0 Å². The van der Waals surface area contributed by atoms with Gasteiger partial charge in [-0.15, -0.1) is 0 Å². The van der Waals surface area contributed by atoms with Crippen LogP contribution in [0.5, 0.6) is 5.75 Å². The molecule has 0 aromatic heterocycles. The molecule has 1 amide bonds. The zero-order chi connectivity index (χ0) is 18.8. The van der Waals surface area contributed by atoms with Crippen LogP contribution in [0.1, 0.15) is 64.7 Å². The van der Waals surface area contributed by atoms with Gasteiger partial charge in [0.2, 0.25) is 5.91 Å². The average Bonchev–Trinajstić information content (AvgIpc) is 2.52. The molecule has 4 heteroatoms. The maximum atomic E-state index is 12.5. The number of carbonyl (C=O) groups excluding carboxylic acids is 1. The molecule has 1 fully saturated rings. The van der Waals surface area contributed by atoms with E-state index in [1.165, 1.54) is 5.56 Å². The number of phenolic OH excluding ortho intramolecular Hbond substituents is 1. The maximum absolute atomic E-state index is 12.5. The number of rotatable bonds is 3. The molecule has 2 rings (SSSR count). The summed E-state index contributed by atoms with van der Waals surface area (Å²) in [6.45, 7) is 16.2. The molecule has 25 heavy (non-hydrogen) atoms. The number of amides is 1. The Labute approximate surface area is 152 Å². The van der Waals surface area contributed by atoms with Crippen LogP contribution < -0.4 is 5.32 Å². The zero-order valence-electron chi connectivity index (χ0n) is 16.7. The van der Waals surface area contributed by atoms with Crippen molar-refractivity contribution in [2.45, 2.75) is 65.2 Å². The van der Waals surface area contributed by atoms with E-state index in [0.717, 1.165) is 37.3 Å². The molecule has 0 aliphatic carbocycles. The summed E-state index contributed by atoms with van der Waals surface area (Å²) >= 11 is 0. The van der Waals surface area contributed by atoms with Crippen molar-refractivity contribution >= 4 is 5.91 Å². The Kier molecular flexibility index (Phi) is 5.82. The third kappa shape index (κ3) is 4.97. The predicted molar refractivity (Wildman–Crippen MR) is 103 cm³/mol. The summed E-state index contributed by atoms with van der Waals surface area (Å²) in [5.41, 5.74) is 2.93. The normalized spacial score (nSPS) is 16.2. The van der Waals surface area contributed by atoms with E-state index < -0.39 is 0 Å². The van der Waals surface area contributed by atoms with Crippen molar-refractivity contribution in [3.8, 4) is 5.75 Å². The molecular formula is C21H34N2O2. The molecule has 2 N–H and O–H groups in total. The molecule has 140 valence electrons. The van der Waals surface area contributed by atoms with Crippen LogP contribution in [0.15, 0.2) is 12.1 Å². The Hall–Kier alpha value is -1.55. The predicted octanol–water partition coefficient (Wildman–Crippen LogP) is 3.35. The highest BCUT2D eigenvalue weighted by molar-refractivity contribution is 5.76. The van der Waals surface area contributed by atoms with Gasteiger partial charge >= 0.3 is 0 Å². The van der Waals surface area contributed by atoms with Gasteiger partial charge in [0.25, 0.3) is 0 Å². The molecule has 1 heterocycles. The van der Waals surface area contributed by atoms with Crippen LogP contribution in [0.2, 0.25) is 0 Å². The number of piperazine rings is 1. The van der Waals surface area contributed by atoms with E-state index >= 15 is 0 Å². The van der Waals surface area contributed by atoms with E-state index in [2.05, 4.69) is 59.0 Å². The molecule has 1 aliphatic rings. The number of carbonyl (C=O) groups is 1. The van der Waals surface area contributed by atoms with E-state index in [4.69, 9.17) is 0 Å². The molecule has 0 spiro atoms. The Morgan fingerprint density at radius 3 is 2.20 bits per heavy atom. The standard InChI is InChI=1S/C21H34N2O2/c1-20(2,3)16-13-15(19(25)17(14-16)21(4,5)6)7-8-18(24)23-11-9-22-10-12-23/h13-14,22,25H,7-12H2,1-6H3. The molecular weight excluding hydrogens is 312 g/mol. The Balaban J connectivity index is 2.25. The van der Waals surface area contributed by atoms with E-state index in [1.54, 1.807) is 0 Å². The SMILES string of the molecule is CC(C)(C)c1cc(CCC(=O)N2CCNCC2)c(O)c(C(C)(C)C)c1. The quantitative estimate of drug-likeness (QED) is 0.882. The first kappa shape index (κ1) is 19.8. The minimum absolute atomic E-state index is 0.00496. The monoisotopic (exact) mass is 346 g/mol. The topological polar surface area (TPSA) is 52.6 Å². The Bertz CT molecular complexity index is 618. The summed E-state index contributed by atoms with van der Waals surface area (Å²) in [5.74, 6) is 0.535. The number of aryl methyl sites for hydroxylation is 1. The molecule has 1 aromatic carbocycles. The van der Waals surface area contributed by atoms with E-state index in [-0.39, 0.29) is 16.7 Å². The summed E-state index contributed by atoms with van der Waals surface area (Å²) in [6.07, 6.45) is 1.03. The van der Waals surface area contributed by atoms with Crippen molar-refractivity contribution in [1.29, 1.82) is 0 Å². The van der Waals surface area contributed by atoms with Gasteiger partial charge in [-0.25, -0.2) is 0 Å². The molecule has 0 saturated carbocycles. The smallest absolute Gasteiger partial charge is 0.222 e. The Morgan fingerprint density at radius 2 is 1.68 bits per heavy atom. The van der Waals surface area contributed by atoms with Gasteiger partial charge in [-0.1, -0.05) is 53.7 Å². The summed E-state index contributed by atoms with van der Waals surface area (Å²) < 4.78 is 0. The van der Waals surface area contributed by atoms with Crippen molar-refractivity contribution in [1.82, 2.24) is 10.2 Å². The van der Waals surface area contributed by atoms with Gasteiger partial charge in [0, 0.05) is 32.6 Å². The molecule has 0 atom stereocenters. The second kappa shape index (κ2) is 7.36. The first-order chi connectivity index (χ1) is 11.5. The third-order valence-corrected chi connectivity index (χ3v) is 4.94. The maximum Gasteiger partial charge on any atom is 0.222 e. The van der Waals surface area contributed by atoms with Crippen molar-refractivity contribution in [2.75, 3.05) is 26.2 Å². The van der Waals surface area contributed by atoms with E-state index in [1.807, 2.05) is 4.90 Å². The highest BCUT2D eigenvalue weighted by atomic mass is 16.3. The first-order valence-corrected chi connectivity index (χ1v) is 9.35. The van der Waals surface area contributed by atoms with Crippen LogP contribution >= 0.6 is 0 Å². The van der Waals surface area contributed by atoms with Crippen molar-refractivity contribution in [3.05, 3.63) is 28.8 Å². The van der Waals surface area contributed by atoms with Crippen molar-refractivity contribution in [3.63, 3.8) is 0 Å². The minimum Gasteiger partial charge on any atom is -0.507 e. The van der Waals surface area contributed by atoms with Crippen molar-refractivity contribution < 1.29 is 9.90 Å². The van der Waals surface area contributed by atoms with Gasteiger partial charge in [-0.3, -0.25) is 4.79 Å². The lowest BCUT2D eigenvalue weighted by atomic mass is 9.78. The van der Waals surface area contributed by atoms with Crippen LogP contribution in [-0.2, 0) is 22.0 Å². The van der Waals surface area contributed by atoms with Gasteiger partial charge in [-0.05, 0) is 33.9 Å². The van der Waals surface area contributed by atoms with Crippen molar-refractivity contribution in [2.24, 2.45) is 0 Å². The number of benzene rings is 1. The van der Waals surface area contributed by atoms with Crippen LogP contribution in [0.4, 0.5) is 0 Å². The molecule has 1 saturated heterocycles. The minimum atomic E-state index is -0.136. The summed E-state index contributed by atoms with van der Waals surface area (Å²) in [5, 5.41) is 14.1. The van der Waals surface area contributed by atoms with Crippen LogP contribution in [0, 0.1) is 0 Å². The number of nitrogens with zero attached hydrogens (tertiary/aromatic N) is 1. The average molecular weight is 347 g/mol. The fourth-order valence-corrected chi connectivity index (χ4v) is 3.20. The number of phenols is 1. The van der Waals surface area contributed by atoms with E-state index in [9.17, 15) is 9.90 Å². The zero-order valence-corrected chi connectivity index (χ0v) is 16.7. The van der Waals surface area contributed by atoms with Gasteiger partial charge in [0.05, 0.1) is 0 Å². The van der Waals surface area contributed by atoms with Gasteiger partial charge in [-0.2, -0.15) is 0 Å². The van der Waals surface area contributed by atoms with Crippen LogP contribution in [-0.4, -0.2) is 42.1 Å². The molecule has 1 aliphatic heterocycles. The molecule has 0 unspecified atom stereocenters. The largest absolute Gasteiger partial charge is 0.507 e. The molecule has 0 radical (unpaired) electrons. The second-order valence-corrected chi connectivity index (χ2v) is 9.16. The summed E-state index contributed by atoms with van der Waals surface area (Å²) in [7, 11) is 0. The molecule has 1 aromatic rings. The van der Waals surface area contributed by atoms with E-state index in [0.29, 0.717) is 18.6 Å². The fraction of sp³-hybridized carbons (Fsp3) is 0.667. The number of hydrogen-bond donors (Lipinski definition) is 2. The highest BCUT2D eigenvalue weighted by Crippen LogP contribution is 2.38. The van der Waals surface area contributed by atoms with Gasteiger partial charge < -0.3 is 15.3 Å². The lowest BCUT2D eigenvalue weighted by molar-refractivity contribution is -0.131. The summed E-state index contributed by atoms with van der Waals surface area (Å²) in [4.78, 5) is 14.4. The number of nitrogens with one attached hydrogen (secondary N) is 1. The number of hydrogen-bond acceptors (Lipinski definition) is 3. The summed E-state index contributed by atoms with van der Waals surface area (Å²) in [6, 6.07) is 4.20. The molecule has 0 bridgehead atoms. The van der Waals surface area contributed by atoms with Crippen LogP contribution in [0.3, 0.4) is 0 Å². The Morgan fingerprint density at radius 1 is 1.08 bits per heavy atom. The molecule has 4 nitrogen and oxygen atoms in total. The lowest BCUT2D eigenvalue weighted by Gasteiger charge is -2.29. The third-order valence-electron chi connectivity index (χ3n) is 4.94. The second-order valence-electron chi connectivity index (χ2n) is 9.16. The van der Waals surface area contributed by atoms with Gasteiger partial charge in [0.15, 0.2) is 0 Å². The number of aromatic hydroxyl groups is 1. The highest BCUT2D eigenvalue weighted by Gasteiger charge is 2.25. The first-order valence-electron chi connectivity index (χ1n) is 9.35.